The molecule has 1 N–H and O–H groups in total. The third-order valence-corrected chi connectivity index (χ3v) is 5.31. The van der Waals surface area contributed by atoms with Gasteiger partial charge in [-0.05, 0) is 53.7 Å². The lowest BCUT2D eigenvalue weighted by atomic mass is 9.80. The molecule has 1 aliphatic carbocycles. The van der Waals surface area contributed by atoms with Crippen molar-refractivity contribution in [2.24, 2.45) is 5.92 Å². The third-order valence-electron chi connectivity index (χ3n) is 3.59. The lowest BCUT2D eigenvalue weighted by Crippen LogP contribution is -2.34. The molecular weight excluding hydrogens is 294 g/mol. The van der Waals surface area contributed by atoms with Gasteiger partial charge in [0, 0.05) is 20.8 Å². The van der Waals surface area contributed by atoms with Gasteiger partial charge in [0.05, 0.1) is 0 Å². The van der Waals surface area contributed by atoms with Gasteiger partial charge in [0.15, 0.2) is 0 Å². The van der Waals surface area contributed by atoms with Crippen LogP contribution in [-0.2, 0) is 6.42 Å². The fraction of sp³-hybridized carbons (Fsp3) is 0.714. The van der Waals surface area contributed by atoms with Crippen molar-refractivity contribution >= 4 is 27.3 Å². The van der Waals surface area contributed by atoms with E-state index in [0.29, 0.717) is 6.04 Å². The van der Waals surface area contributed by atoms with Crippen molar-refractivity contribution in [2.45, 2.75) is 51.5 Å². The summed E-state index contributed by atoms with van der Waals surface area (Å²) >= 11 is 5.42. The van der Waals surface area contributed by atoms with Crippen LogP contribution in [0.15, 0.2) is 15.9 Å². The van der Waals surface area contributed by atoms with Crippen molar-refractivity contribution in [3.63, 3.8) is 0 Å². The molecule has 1 saturated carbocycles. The molecule has 3 heteroatoms. The number of rotatable bonds is 7. The Morgan fingerprint density at radius 3 is 2.88 bits per heavy atom. The van der Waals surface area contributed by atoms with Gasteiger partial charge in [0.1, 0.15) is 0 Å². The highest BCUT2D eigenvalue weighted by molar-refractivity contribution is 9.10. The average molecular weight is 316 g/mol. The van der Waals surface area contributed by atoms with Crippen LogP contribution in [0.3, 0.4) is 0 Å². The van der Waals surface area contributed by atoms with E-state index in [1.165, 1.54) is 47.9 Å². The Morgan fingerprint density at radius 2 is 2.35 bits per heavy atom. The van der Waals surface area contributed by atoms with Crippen molar-refractivity contribution in [3.8, 4) is 0 Å². The van der Waals surface area contributed by atoms with Crippen LogP contribution in [-0.4, -0.2) is 12.6 Å². The average Bonchev–Trinajstić information content (AvgIpc) is 2.65. The Hall–Kier alpha value is 0.140. The predicted octanol–water partition coefficient (Wildman–Crippen LogP) is 4.61. The molecule has 0 saturated heterocycles. The fourth-order valence-corrected chi connectivity index (χ4v) is 3.95. The molecule has 1 aromatic rings. The van der Waals surface area contributed by atoms with Gasteiger partial charge in [-0.1, -0.05) is 26.2 Å². The number of hydrogen-bond acceptors (Lipinski definition) is 2. The van der Waals surface area contributed by atoms with Crippen molar-refractivity contribution in [2.75, 3.05) is 6.54 Å². The lowest BCUT2D eigenvalue weighted by molar-refractivity contribution is 0.259. The van der Waals surface area contributed by atoms with E-state index in [9.17, 15) is 0 Å². The molecule has 96 valence electrons. The molecule has 1 unspecified atom stereocenters. The van der Waals surface area contributed by atoms with Gasteiger partial charge in [0.25, 0.3) is 0 Å². The lowest BCUT2D eigenvalue weighted by Gasteiger charge is -2.30. The van der Waals surface area contributed by atoms with Crippen LogP contribution in [0, 0.1) is 5.92 Å². The van der Waals surface area contributed by atoms with Crippen molar-refractivity contribution in [1.82, 2.24) is 5.32 Å². The van der Waals surface area contributed by atoms with E-state index in [1.54, 1.807) is 0 Å². The van der Waals surface area contributed by atoms with Gasteiger partial charge in [0.2, 0.25) is 0 Å². The summed E-state index contributed by atoms with van der Waals surface area (Å²) in [5.74, 6) is 0.993. The second kappa shape index (κ2) is 6.91. The van der Waals surface area contributed by atoms with Crippen LogP contribution >= 0.6 is 27.3 Å². The Bertz CT molecular complexity index is 333. The number of nitrogens with one attached hydrogen (secondary N) is 1. The molecule has 2 rings (SSSR count). The molecule has 0 radical (unpaired) electrons. The summed E-state index contributed by atoms with van der Waals surface area (Å²) in [5.41, 5.74) is 0. The maximum absolute atomic E-state index is 3.72. The van der Waals surface area contributed by atoms with Crippen LogP contribution in [0.2, 0.25) is 0 Å². The standard InChI is InChI=1S/C14H22BrNS/c1-2-6-16-13(7-11-4-3-5-11)9-14-8-12(15)10-17-14/h8,10-11,13,16H,2-7,9H2,1H3. The smallest absolute Gasteiger partial charge is 0.0285 e. The summed E-state index contributed by atoms with van der Waals surface area (Å²) in [5, 5.41) is 5.91. The van der Waals surface area contributed by atoms with Gasteiger partial charge in [-0.3, -0.25) is 0 Å². The Kier molecular flexibility index (Phi) is 5.51. The monoisotopic (exact) mass is 315 g/mol. The van der Waals surface area contributed by atoms with Gasteiger partial charge < -0.3 is 5.32 Å². The van der Waals surface area contributed by atoms with Gasteiger partial charge in [-0.2, -0.15) is 0 Å². The van der Waals surface area contributed by atoms with Crippen LogP contribution in [0.25, 0.3) is 0 Å². The van der Waals surface area contributed by atoms with Crippen molar-refractivity contribution in [1.29, 1.82) is 0 Å². The molecule has 0 aromatic carbocycles. The molecule has 1 nitrogen and oxygen atoms in total. The van der Waals surface area contributed by atoms with Crippen molar-refractivity contribution in [3.05, 3.63) is 20.8 Å². The van der Waals surface area contributed by atoms with E-state index >= 15 is 0 Å². The summed E-state index contributed by atoms with van der Waals surface area (Å²) in [4.78, 5) is 1.50. The van der Waals surface area contributed by atoms with E-state index in [1.807, 2.05) is 11.3 Å². The molecule has 0 bridgehead atoms. The second-order valence-corrected chi connectivity index (χ2v) is 7.03. The summed E-state index contributed by atoms with van der Waals surface area (Å²) in [6.45, 7) is 3.40. The second-order valence-electron chi connectivity index (χ2n) is 5.12. The minimum atomic E-state index is 0.686. The Balaban J connectivity index is 1.84. The van der Waals surface area contributed by atoms with Crippen LogP contribution in [0.4, 0.5) is 0 Å². The normalized spacial score (nSPS) is 18.0. The van der Waals surface area contributed by atoms with E-state index in [-0.39, 0.29) is 0 Å². The molecule has 0 spiro atoms. The Labute approximate surface area is 117 Å². The first-order valence-corrected chi connectivity index (χ1v) is 8.41. The zero-order valence-corrected chi connectivity index (χ0v) is 12.9. The van der Waals surface area contributed by atoms with Crippen LogP contribution in [0.5, 0.6) is 0 Å². The molecule has 0 amide bonds. The molecule has 1 aliphatic rings. The summed E-state index contributed by atoms with van der Waals surface area (Å²) in [6, 6.07) is 2.96. The summed E-state index contributed by atoms with van der Waals surface area (Å²) < 4.78 is 1.23. The van der Waals surface area contributed by atoms with Gasteiger partial charge in [-0.15, -0.1) is 11.3 Å². The Morgan fingerprint density at radius 1 is 1.53 bits per heavy atom. The molecule has 0 aliphatic heterocycles. The van der Waals surface area contributed by atoms with Crippen LogP contribution < -0.4 is 5.32 Å². The minimum Gasteiger partial charge on any atom is -0.314 e. The molecule has 1 heterocycles. The summed E-state index contributed by atoms with van der Waals surface area (Å²) in [7, 11) is 0. The van der Waals surface area contributed by atoms with Crippen molar-refractivity contribution < 1.29 is 0 Å². The zero-order valence-electron chi connectivity index (χ0n) is 10.5. The molecule has 17 heavy (non-hydrogen) atoms. The first-order valence-electron chi connectivity index (χ1n) is 6.74. The molecule has 1 aromatic heterocycles. The van der Waals surface area contributed by atoms with E-state index in [4.69, 9.17) is 0 Å². The first-order chi connectivity index (χ1) is 8.28. The SMILES string of the molecule is CCCNC(Cc1cc(Br)cs1)CC1CCC1. The van der Waals surface area contributed by atoms with Crippen LogP contribution in [0.1, 0.15) is 43.9 Å². The third kappa shape index (κ3) is 4.38. The molecule has 1 fully saturated rings. The maximum Gasteiger partial charge on any atom is 0.0285 e. The topological polar surface area (TPSA) is 12.0 Å². The van der Waals surface area contributed by atoms with Gasteiger partial charge in [-0.25, -0.2) is 0 Å². The highest BCUT2D eigenvalue weighted by Gasteiger charge is 2.22. The first kappa shape index (κ1) is 13.6. The summed E-state index contributed by atoms with van der Waals surface area (Å²) in [6.07, 6.45) is 8.17. The highest BCUT2D eigenvalue weighted by Crippen LogP contribution is 2.31. The molecular formula is C14H22BrNS. The predicted molar refractivity (Wildman–Crippen MR) is 79.8 cm³/mol. The zero-order chi connectivity index (χ0) is 12.1. The number of hydrogen-bond donors (Lipinski definition) is 1. The maximum atomic E-state index is 3.72. The minimum absolute atomic E-state index is 0.686. The molecule has 1 atom stereocenters. The van der Waals surface area contributed by atoms with E-state index in [0.717, 1.165) is 12.5 Å². The van der Waals surface area contributed by atoms with Gasteiger partial charge >= 0.3 is 0 Å². The van der Waals surface area contributed by atoms with E-state index in [2.05, 4.69) is 39.6 Å². The fourth-order valence-electron chi connectivity index (χ4n) is 2.42. The quantitative estimate of drug-likeness (QED) is 0.774. The highest BCUT2D eigenvalue weighted by atomic mass is 79.9. The van der Waals surface area contributed by atoms with E-state index < -0.39 is 0 Å². The number of halogens is 1. The largest absolute Gasteiger partial charge is 0.314 e. The number of thiophene rings is 1.